The molecule has 0 aliphatic heterocycles. The van der Waals surface area contributed by atoms with Crippen LogP contribution in [0.4, 0.5) is 20.3 Å². The first-order valence-corrected chi connectivity index (χ1v) is 14.6. The molecule has 2 heterocycles. The molecule has 7 N–H and O–H groups in total. The first kappa shape index (κ1) is 33.7. The number of nitrogens with two attached hydrogens (primary N) is 1. The van der Waals surface area contributed by atoms with Crippen molar-refractivity contribution in [3.63, 3.8) is 0 Å². The van der Waals surface area contributed by atoms with Crippen LogP contribution < -0.4 is 31.7 Å². The van der Waals surface area contributed by atoms with Crippen LogP contribution >= 0.6 is 0 Å². The van der Waals surface area contributed by atoms with Crippen molar-refractivity contribution in [1.82, 2.24) is 30.3 Å². The van der Waals surface area contributed by atoms with Gasteiger partial charge < -0.3 is 36.8 Å². The van der Waals surface area contributed by atoms with E-state index in [0.29, 0.717) is 61.0 Å². The van der Waals surface area contributed by atoms with Gasteiger partial charge in [-0.15, -0.1) is 0 Å². The number of hydrogen-bond acceptors (Lipinski definition) is 9. The highest BCUT2D eigenvalue weighted by Gasteiger charge is 2.20. The monoisotopic (exact) mass is 638 g/mol. The number of aryl methyl sites for hydroxylation is 1. The van der Waals surface area contributed by atoms with E-state index in [-0.39, 0.29) is 30.1 Å². The lowest BCUT2D eigenvalue weighted by Crippen LogP contribution is -2.43. The molecule has 46 heavy (non-hydrogen) atoms. The number of methoxy groups -OCH3 is 1. The fourth-order valence-electron chi connectivity index (χ4n) is 4.72. The van der Waals surface area contributed by atoms with E-state index in [1.54, 1.807) is 22.7 Å². The van der Waals surface area contributed by atoms with Crippen molar-refractivity contribution in [1.29, 1.82) is 0 Å². The number of benzene rings is 2. The Labute approximate surface area is 263 Å². The topological polar surface area (TPSA) is 185 Å². The highest BCUT2D eigenvalue weighted by atomic mass is 19.2. The van der Waals surface area contributed by atoms with E-state index >= 15 is 0 Å². The lowest BCUT2D eigenvalue weighted by Gasteiger charge is -2.13. The largest absolute Gasteiger partial charge is 0.494 e. The van der Waals surface area contributed by atoms with E-state index in [2.05, 4.69) is 31.2 Å². The van der Waals surface area contributed by atoms with Crippen LogP contribution in [0.25, 0.3) is 16.9 Å². The molecule has 0 saturated heterocycles. The molecule has 0 aliphatic carbocycles. The lowest BCUT2D eigenvalue weighted by atomic mass is 10.0. The van der Waals surface area contributed by atoms with Crippen LogP contribution in [0.15, 0.2) is 48.9 Å². The molecule has 0 spiro atoms. The van der Waals surface area contributed by atoms with Gasteiger partial charge >= 0.3 is 5.97 Å². The van der Waals surface area contributed by atoms with E-state index < -0.39 is 29.6 Å². The Kier molecular flexibility index (Phi) is 11.5. The number of carbonyl (C=O) groups excluding carboxylic acids is 2. The Hall–Kier alpha value is -5.15. The summed E-state index contributed by atoms with van der Waals surface area (Å²) in [6.45, 7) is 3.49. The zero-order chi connectivity index (χ0) is 33.2. The molecule has 4 aromatic rings. The summed E-state index contributed by atoms with van der Waals surface area (Å²) >= 11 is 0. The number of carboxylic acids is 1. The molecule has 0 aliphatic rings. The molecule has 0 fully saturated rings. The van der Waals surface area contributed by atoms with Gasteiger partial charge in [-0.25, -0.2) is 14.4 Å². The molecular formula is C31H36F2N8O5. The summed E-state index contributed by atoms with van der Waals surface area (Å²) < 4.78 is 35.7. The van der Waals surface area contributed by atoms with Crippen LogP contribution in [0.5, 0.6) is 5.75 Å². The van der Waals surface area contributed by atoms with Crippen molar-refractivity contribution in [2.45, 2.75) is 32.2 Å². The van der Waals surface area contributed by atoms with Gasteiger partial charge in [-0.3, -0.25) is 18.8 Å². The Bertz CT molecular complexity index is 1710. The molecule has 4 rings (SSSR count). The standard InChI is InChI=1S/C31H36F2N8O5/c1-3-18-16-19(4-5-20(18)30(44)37-12-10-35-11-13-38-31(45)22(34)7-9-25(42)43)40-28-29-39-17-23(41(29)15-14-36-28)21-6-8-24(46-2)27(33)26(21)32/h4-6,8,14-17,22,35H,3,7,9-13,34H2,1-2H3,(H,36,40)(H,37,44)(H,38,45)(H,42,43)/t22-/m0/s1. The van der Waals surface area contributed by atoms with E-state index in [1.165, 1.54) is 31.6 Å². The number of nitrogens with zero attached hydrogens (tertiary/aromatic N) is 3. The molecule has 2 aromatic heterocycles. The Balaban J connectivity index is 1.32. The predicted molar refractivity (Wildman–Crippen MR) is 167 cm³/mol. The molecule has 1 atom stereocenters. The van der Waals surface area contributed by atoms with Crippen LogP contribution in [0.3, 0.4) is 0 Å². The minimum absolute atomic E-state index is 0.0169. The van der Waals surface area contributed by atoms with Crippen LogP contribution in [0.2, 0.25) is 0 Å². The number of aliphatic carboxylic acids is 1. The summed E-state index contributed by atoms with van der Waals surface area (Å²) in [7, 11) is 1.26. The maximum Gasteiger partial charge on any atom is 0.303 e. The van der Waals surface area contributed by atoms with E-state index in [0.717, 1.165) is 5.56 Å². The molecule has 244 valence electrons. The average Bonchev–Trinajstić information content (AvgIpc) is 3.49. The fraction of sp³-hybridized carbons (Fsp3) is 0.323. The second-order valence-corrected chi connectivity index (χ2v) is 10.2. The number of fused-ring (bicyclic) bond motifs is 1. The fourth-order valence-corrected chi connectivity index (χ4v) is 4.72. The number of rotatable bonds is 16. The van der Waals surface area contributed by atoms with E-state index in [1.807, 2.05) is 13.0 Å². The Morgan fingerprint density at radius 1 is 1.04 bits per heavy atom. The molecule has 0 radical (unpaired) electrons. The van der Waals surface area contributed by atoms with Crippen molar-refractivity contribution in [2.75, 3.05) is 38.6 Å². The van der Waals surface area contributed by atoms with E-state index in [9.17, 15) is 23.2 Å². The van der Waals surface area contributed by atoms with Gasteiger partial charge in [0.25, 0.3) is 5.91 Å². The summed E-state index contributed by atoms with van der Waals surface area (Å²) in [5, 5.41) is 20.5. The summed E-state index contributed by atoms with van der Waals surface area (Å²) in [4.78, 5) is 44.1. The van der Waals surface area contributed by atoms with Crippen molar-refractivity contribution >= 4 is 34.9 Å². The molecule has 15 heteroatoms. The first-order valence-electron chi connectivity index (χ1n) is 14.6. The number of amides is 2. The Morgan fingerprint density at radius 2 is 1.80 bits per heavy atom. The maximum atomic E-state index is 14.8. The average molecular weight is 639 g/mol. The molecule has 2 amide bonds. The third-order valence-electron chi connectivity index (χ3n) is 7.16. The maximum absolute atomic E-state index is 14.8. The number of anilines is 2. The minimum Gasteiger partial charge on any atom is -0.494 e. The van der Waals surface area contributed by atoms with Crippen LogP contribution in [0, 0.1) is 11.6 Å². The van der Waals surface area contributed by atoms with Gasteiger partial charge in [0.2, 0.25) is 11.7 Å². The smallest absolute Gasteiger partial charge is 0.303 e. The lowest BCUT2D eigenvalue weighted by molar-refractivity contribution is -0.137. The van der Waals surface area contributed by atoms with Crippen molar-refractivity contribution in [3.8, 4) is 17.0 Å². The predicted octanol–water partition coefficient (Wildman–Crippen LogP) is 2.62. The highest BCUT2D eigenvalue weighted by molar-refractivity contribution is 5.96. The molecule has 13 nitrogen and oxygen atoms in total. The number of hydrogen-bond donors (Lipinski definition) is 6. The van der Waals surface area contributed by atoms with Gasteiger partial charge in [0.15, 0.2) is 23.0 Å². The van der Waals surface area contributed by atoms with Crippen LogP contribution in [0.1, 0.15) is 35.7 Å². The number of nitrogens with one attached hydrogen (secondary N) is 4. The zero-order valence-corrected chi connectivity index (χ0v) is 25.4. The number of halogens is 2. The van der Waals surface area contributed by atoms with Gasteiger partial charge in [-0.2, -0.15) is 4.39 Å². The van der Waals surface area contributed by atoms with Gasteiger partial charge in [0, 0.05) is 61.8 Å². The SMILES string of the molecule is CCc1cc(Nc2nccn3c(-c4ccc(OC)c(F)c4F)cnc23)ccc1C(=O)NCCNCCNC(=O)[C@@H](N)CCC(=O)O. The third-order valence-corrected chi connectivity index (χ3v) is 7.16. The van der Waals surface area contributed by atoms with Crippen LogP contribution in [-0.4, -0.2) is 76.6 Å². The molecule has 0 unspecified atom stereocenters. The number of imidazole rings is 1. The zero-order valence-electron chi connectivity index (χ0n) is 25.4. The number of aromatic nitrogens is 3. The van der Waals surface area contributed by atoms with Gasteiger partial charge in [-0.1, -0.05) is 6.92 Å². The van der Waals surface area contributed by atoms with Gasteiger partial charge in [0.1, 0.15) is 0 Å². The summed E-state index contributed by atoms with van der Waals surface area (Å²) in [6, 6.07) is 7.18. The van der Waals surface area contributed by atoms with E-state index in [4.69, 9.17) is 15.6 Å². The summed E-state index contributed by atoms with van der Waals surface area (Å²) in [6.07, 6.45) is 5.01. The Morgan fingerprint density at radius 3 is 2.52 bits per heavy atom. The normalized spacial score (nSPS) is 11.7. The number of carboxylic acid groups (broad SMARTS) is 1. The van der Waals surface area contributed by atoms with Gasteiger partial charge in [-0.05, 0) is 48.7 Å². The number of carbonyl (C=O) groups is 3. The van der Waals surface area contributed by atoms with Crippen molar-refractivity contribution in [2.24, 2.45) is 5.73 Å². The molecule has 2 aromatic carbocycles. The number of ether oxygens (including phenoxy) is 1. The summed E-state index contributed by atoms with van der Waals surface area (Å²) in [5.41, 5.74) is 8.38. The van der Waals surface area contributed by atoms with Crippen molar-refractivity contribution in [3.05, 3.63) is 71.7 Å². The second-order valence-electron chi connectivity index (χ2n) is 10.2. The molecule has 0 bridgehead atoms. The van der Waals surface area contributed by atoms with Crippen molar-refractivity contribution < 1.29 is 33.0 Å². The quantitative estimate of drug-likeness (QED) is 0.0997. The highest BCUT2D eigenvalue weighted by Crippen LogP contribution is 2.31. The molecular weight excluding hydrogens is 602 g/mol. The second kappa shape index (κ2) is 15.7. The third kappa shape index (κ3) is 8.11. The minimum atomic E-state index is -1.09. The first-order chi connectivity index (χ1) is 22.1. The summed E-state index contributed by atoms with van der Waals surface area (Å²) in [5.74, 6) is -3.62. The van der Waals surface area contributed by atoms with Crippen LogP contribution in [-0.2, 0) is 16.0 Å². The van der Waals surface area contributed by atoms with Gasteiger partial charge in [0.05, 0.1) is 25.0 Å². The molecule has 0 saturated carbocycles.